The minimum Gasteiger partial charge on any atom is -0.508 e. The molecule has 2 atom stereocenters. The van der Waals surface area contributed by atoms with Gasteiger partial charge in [-0.3, -0.25) is 0 Å². The summed E-state index contributed by atoms with van der Waals surface area (Å²) >= 11 is 0. The van der Waals surface area contributed by atoms with Gasteiger partial charge in [0, 0.05) is 24.2 Å². The summed E-state index contributed by atoms with van der Waals surface area (Å²) in [6, 6.07) is 5.36. The fourth-order valence-corrected chi connectivity index (χ4v) is 2.13. The first kappa shape index (κ1) is 11.3. The lowest BCUT2D eigenvalue weighted by Gasteiger charge is -2.06. The van der Waals surface area contributed by atoms with Crippen molar-refractivity contribution in [1.82, 2.24) is 5.32 Å². The molecular formula is C13H19NO2. The van der Waals surface area contributed by atoms with Crippen LogP contribution in [0, 0.1) is 5.92 Å². The van der Waals surface area contributed by atoms with Crippen LogP contribution in [0.4, 0.5) is 0 Å². The van der Waals surface area contributed by atoms with E-state index in [4.69, 9.17) is 5.11 Å². The lowest BCUT2D eigenvalue weighted by atomic mass is 10.2. The largest absolute Gasteiger partial charge is 0.508 e. The first-order valence-corrected chi connectivity index (χ1v) is 5.95. The molecule has 2 unspecified atom stereocenters. The molecule has 0 aromatic heterocycles. The Bertz CT molecular complexity index is 365. The van der Waals surface area contributed by atoms with Crippen molar-refractivity contribution in [2.75, 3.05) is 0 Å². The van der Waals surface area contributed by atoms with Gasteiger partial charge in [0.15, 0.2) is 0 Å². The SMILES string of the molecule is CCCC1CC1NCc1ccc(O)cc1O. The highest BCUT2D eigenvalue weighted by Gasteiger charge is 2.35. The highest BCUT2D eigenvalue weighted by Crippen LogP contribution is 2.35. The van der Waals surface area contributed by atoms with Gasteiger partial charge in [-0.1, -0.05) is 19.4 Å². The molecular weight excluding hydrogens is 202 g/mol. The van der Waals surface area contributed by atoms with Crippen molar-refractivity contribution >= 4 is 0 Å². The van der Waals surface area contributed by atoms with E-state index in [1.54, 1.807) is 12.1 Å². The van der Waals surface area contributed by atoms with Crippen LogP contribution in [0.25, 0.3) is 0 Å². The van der Waals surface area contributed by atoms with Crippen molar-refractivity contribution in [2.45, 2.75) is 38.8 Å². The molecule has 88 valence electrons. The third-order valence-corrected chi connectivity index (χ3v) is 3.21. The Morgan fingerprint density at radius 2 is 2.19 bits per heavy atom. The van der Waals surface area contributed by atoms with Crippen LogP contribution in [0.3, 0.4) is 0 Å². The fraction of sp³-hybridized carbons (Fsp3) is 0.538. The molecule has 3 heteroatoms. The second-order valence-electron chi connectivity index (χ2n) is 4.58. The Kier molecular flexibility index (Phi) is 3.34. The fourth-order valence-electron chi connectivity index (χ4n) is 2.13. The minimum atomic E-state index is 0.108. The van der Waals surface area contributed by atoms with E-state index >= 15 is 0 Å². The molecule has 0 spiro atoms. The Balaban J connectivity index is 1.82. The van der Waals surface area contributed by atoms with Crippen LogP contribution in [-0.2, 0) is 6.54 Å². The number of aromatic hydroxyl groups is 2. The molecule has 0 amide bonds. The van der Waals surface area contributed by atoms with Crippen LogP contribution in [-0.4, -0.2) is 16.3 Å². The first-order valence-electron chi connectivity index (χ1n) is 5.95. The van der Waals surface area contributed by atoms with Crippen molar-refractivity contribution in [3.63, 3.8) is 0 Å². The molecule has 1 saturated carbocycles. The highest BCUT2D eigenvalue weighted by molar-refractivity contribution is 5.38. The van der Waals surface area contributed by atoms with Crippen molar-refractivity contribution in [3.05, 3.63) is 23.8 Å². The van der Waals surface area contributed by atoms with Crippen LogP contribution in [0.2, 0.25) is 0 Å². The summed E-state index contributed by atoms with van der Waals surface area (Å²) in [6.07, 6.45) is 3.79. The Morgan fingerprint density at radius 3 is 2.88 bits per heavy atom. The van der Waals surface area contributed by atoms with Gasteiger partial charge in [-0.15, -0.1) is 0 Å². The summed E-state index contributed by atoms with van der Waals surface area (Å²) in [7, 11) is 0. The van der Waals surface area contributed by atoms with E-state index in [2.05, 4.69) is 12.2 Å². The molecule has 1 aromatic carbocycles. The molecule has 0 radical (unpaired) electrons. The first-order chi connectivity index (χ1) is 7.70. The van der Waals surface area contributed by atoms with Crippen LogP contribution in [0.15, 0.2) is 18.2 Å². The molecule has 1 aliphatic rings. The quantitative estimate of drug-likeness (QED) is 0.715. The maximum absolute atomic E-state index is 9.59. The zero-order valence-corrected chi connectivity index (χ0v) is 9.61. The number of hydrogen-bond acceptors (Lipinski definition) is 3. The van der Waals surface area contributed by atoms with E-state index in [0.717, 1.165) is 11.5 Å². The van der Waals surface area contributed by atoms with E-state index in [9.17, 15) is 5.11 Å². The summed E-state index contributed by atoms with van der Waals surface area (Å²) in [5.74, 6) is 1.10. The molecule has 1 aliphatic carbocycles. The highest BCUT2D eigenvalue weighted by atomic mass is 16.3. The molecule has 16 heavy (non-hydrogen) atoms. The lowest BCUT2D eigenvalue weighted by molar-refractivity contribution is 0.443. The third-order valence-electron chi connectivity index (χ3n) is 3.21. The molecule has 1 fully saturated rings. The van der Waals surface area contributed by atoms with Gasteiger partial charge >= 0.3 is 0 Å². The summed E-state index contributed by atoms with van der Waals surface area (Å²) in [6.45, 7) is 2.89. The number of phenols is 2. The molecule has 1 aromatic rings. The second kappa shape index (κ2) is 4.74. The Hall–Kier alpha value is -1.22. The molecule has 0 saturated heterocycles. The third kappa shape index (κ3) is 2.67. The average molecular weight is 221 g/mol. The maximum Gasteiger partial charge on any atom is 0.123 e. The van der Waals surface area contributed by atoms with E-state index < -0.39 is 0 Å². The zero-order valence-electron chi connectivity index (χ0n) is 9.61. The van der Waals surface area contributed by atoms with Crippen LogP contribution < -0.4 is 5.32 Å². The van der Waals surface area contributed by atoms with Crippen LogP contribution in [0.1, 0.15) is 31.7 Å². The molecule has 3 N–H and O–H groups in total. The summed E-state index contributed by atoms with van der Waals surface area (Å²) in [5.41, 5.74) is 0.847. The summed E-state index contributed by atoms with van der Waals surface area (Å²) < 4.78 is 0. The molecule has 3 nitrogen and oxygen atoms in total. The molecule has 0 aliphatic heterocycles. The van der Waals surface area contributed by atoms with Gasteiger partial charge in [0.05, 0.1) is 0 Å². The Morgan fingerprint density at radius 1 is 1.38 bits per heavy atom. The number of benzene rings is 1. The number of hydrogen-bond donors (Lipinski definition) is 3. The van der Waals surface area contributed by atoms with E-state index in [1.165, 1.54) is 25.3 Å². The van der Waals surface area contributed by atoms with Gasteiger partial charge in [0.2, 0.25) is 0 Å². The van der Waals surface area contributed by atoms with Gasteiger partial charge in [-0.2, -0.15) is 0 Å². The minimum absolute atomic E-state index is 0.108. The van der Waals surface area contributed by atoms with E-state index in [0.29, 0.717) is 12.6 Å². The molecule has 0 bridgehead atoms. The summed E-state index contributed by atoms with van der Waals surface area (Å²) in [5, 5.41) is 22.2. The van der Waals surface area contributed by atoms with Crippen molar-refractivity contribution in [2.24, 2.45) is 5.92 Å². The van der Waals surface area contributed by atoms with E-state index in [-0.39, 0.29) is 11.5 Å². The predicted octanol–water partition coefficient (Wildman–Crippen LogP) is 2.38. The van der Waals surface area contributed by atoms with Crippen molar-refractivity contribution in [1.29, 1.82) is 0 Å². The van der Waals surface area contributed by atoms with Gasteiger partial charge in [0.25, 0.3) is 0 Å². The second-order valence-corrected chi connectivity index (χ2v) is 4.58. The number of phenolic OH excluding ortho intramolecular Hbond substituents is 2. The Labute approximate surface area is 96.1 Å². The standard InChI is InChI=1S/C13H19NO2/c1-2-3-9-6-12(9)14-8-10-4-5-11(15)7-13(10)16/h4-5,7,9,12,14-16H,2-3,6,8H2,1H3. The van der Waals surface area contributed by atoms with Gasteiger partial charge in [-0.05, 0) is 24.8 Å². The maximum atomic E-state index is 9.59. The predicted molar refractivity (Wildman–Crippen MR) is 63.4 cm³/mol. The molecule has 0 heterocycles. The molecule has 2 rings (SSSR count). The van der Waals surface area contributed by atoms with Crippen molar-refractivity contribution in [3.8, 4) is 11.5 Å². The van der Waals surface area contributed by atoms with Crippen LogP contribution in [0.5, 0.6) is 11.5 Å². The van der Waals surface area contributed by atoms with Crippen molar-refractivity contribution < 1.29 is 10.2 Å². The van der Waals surface area contributed by atoms with Gasteiger partial charge < -0.3 is 15.5 Å². The van der Waals surface area contributed by atoms with E-state index in [1.807, 2.05) is 0 Å². The number of rotatable bonds is 5. The normalized spacial score (nSPS) is 23.3. The van der Waals surface area contributed by atoms with Gasteiger partial charge in [0.1, 0.15) is 11.5 Å². The zero-order chi connectivity index (χ0) is 11.5. The smallest absolute Gasteiger partial charge is 0.123 e. The topological polar surface area (TPSA) is 52.5 Å². The monoisotopic (exact) mass is 221 g/mol. The summed E-state index contributed by atoms with van der Waals surface area (Å²) in [4.78, 5) is 0. The van der Waals surface area contributed by atoms with Crippen LogP contribution >= 0.6 is 0 Å². The average Bonchev–Trinajstić information content (AvgIpc) is 2.96. The number of nitrogens with one attached hydrogen (secondary N) is 1. The van der Waals surface area contributed by atoms with Gasteiger partial charge in [-0.25, -0.2) is 0 Å². The lowest BCUT2D eigenvalue weighted by Crippen LogP contribution is -2.17.